The van der Waals surface area contributed by atoms with Crippen LogP contribution in [0.2, 0.25) is 0 Å². The summed E-state index contributed by atoms with van der Waals surface area (Å²) in [7, 11) is 0. The number of nitrogens with zero attached hydrogens (tertiary/aromatic N) is 7. The summed E-state index contributed by atoms with van der Waals surface area (Å²) in [5.41, 5.74) is 13.7. The molecule has 0 N–H and O–H groups in total. The molecule has 5 heterocycles. The zero-order valence-corrected chi connectivity index (χ0v) is 30.4. The monoisotopic (exact) mass is 727 g/mol. The van der Waals surface area contributed by atoms with Gasteiger partial charge in [0.1, 0.15) is 11.3 Å². The van der Waals surface area contributed by atoms with E-state index in [1.165, 1.54) is 44.5 Å². The van der Waals surface area contributed by atoms with Crippen molar-refractivity contribution >= 4 is 43.9 Å². The van der Waals surface area contributed by atoms with Crippen LogP contribution >= 0.6 is 0 Å². The van der Waals surface area contributed by atoms with E-state index >= 15 is 0 Å². The summed E-state index contributed by atoms with van der Waals surface area (Å²) >= 11 is 0. The number of hydrogen-bond acceptors (Lipinski definition) is 5. The highest BCUT2D eigenvalue weighted by atomic mass is 15.3. The van der Waals surface area contributed by atoms with E-state index in [1.807, 2.05) is 29.1 Å². The van der Waals surface area contributed by atoms with Gasteiger partial charge in [0, 0.05) is 39.5 Å². The molecule has 5 aromatic heterocycles. The summed E-state index contributed by atoms with van der Waals surface area (Å²) in [6.45, 7) is 0. The summed E-state index contributed by atoms with van der Waals surface area (Å²) in [6.07, 6.45) is 3.63. The molecule has 0 saturated carbocycles. The first-order chi connectivity index (χ1) is 28.3. The molecule has 13 rings (SSSR count). The maximum Gasteiger partial charge on any atom is 0.242 e. The maximum absolute atomic E-state index is 5.51. The molecule has 57 heavy (non-hydrogen) atoms. The van der Waals surface area contributed by atoms with E-state index in [4.69, 9.17) is 24.9 Å². The van der Waals surface area contributed by atoms with Gasteiger partial charge in [0.05, 0.1) is 16.4 Å². The topological polar surface area (TPSA) is 74.3 Å². The van der Waals surface area contributed by atoms with Gasteiger partial charge in [-0.3, -0.25) is 4.57 Å². The Morgan fingerprint density at radius 2 is 0.789 bits per heavy atom. The van der Waals surface area contributed by atoms with Crippen LogP contribution in [0.1, 0.15) is 22.3 Å². The van der Waals surface area contributed by atoms with Crippen LogP contribution in [-0.2, 0) is 5.41 Å². The van der Waals surface area contributed by atoms with E-state index in [9.17, 15) is 0 Å². The van der Waals surface area contributed by atoms with Crippen LogP contribution in [0.4, 0.5) is 0 Å². The van der Waals surface area contributed by atoms with E-state index in [-0.39, 0.29) is 0 Å². The van der Waals surface area contributed by atoms with Gasteiger partial charge in [-0.2, -0.15) is 15.0 Å². The maximum atomic E-state index is 5.51. The highest BCUT2D eigenvalue weighted by Crippen LogP contribution is 2.64. The zero-order chi connectivity index (χ0) is 37.2. The highest BCUT2D eigenvalue weighted by molar-refractivity contribution is 6.09. The molecule has 0 saturated heterocycles. The van der Waals surface area contributed by atoms with Gasteiger partial charge in [0.2, 0.25) is 11.9 Å². The Morgan fingerprint density at radius 3 is 1.37 bits per heavy atom. The lowest BCUT2D eigenvalue weighted by Gasteiger charge is -2.31. The minimum atomic E-state index is -0.592. The van der Waals surface area contributed by atoms with E-state index in [2.05, 4.69) is 156 Å². The van der Waals surface area contributed by atoms with Crippen LogP contribution in [-0.4, -0.2) is 34.1 Å². The van der Waals surface area contributed by atoms with Gasteiger partial charge in [-0.25, -0.2) is 14.5 Å². The molecule has 1 spiro atoms. The third kappa shape index (κ3) is 3.87. The molecule has 6 aromatic carbocycles. The Labute approximate surface area is 326 Å². The van der Waals surface area contributed by atoms with Crippen molar-refractivity contribution < 1.29 is 0 Å². The number of rotatable bonds is 3. The van der Waals surface area contributed by atoms with Crippen LogP contribution < -0.4 is 0 Å². The smallest absolute Gasteiger partial charge is 0.242 e. The van der Waals surface area contributed by atoms with Crippen LogP contribution in [0.15, 0.2) is 176 Å². The molecule has 7 nitrogen and oxygen atoms in total. The number of pyridine rings is 2. The van der Waals surface area contributed by atoms with E-state index in [0.717, 1.165) is 49.4 Å². The molecular formula is C50H29N7. The number of fused-ring (bicyclic) bond motifs is 16. The second kappa shape index (κ2) is 11.1. The third-order valence-corrected chi connectivity index (χ3v) is 12.1. The van der Waals surface area contributed by atoms with Crippen LogP contribution in [0.5, 0.6) is 0 Å². The lowest BCUT2D eigenvalue weighted by Crippen LogP contribution is -2.27. The number of para-hydroxylation sites is 2. The van der Waals surface area contributed by atoms with Crippen molar-refractivity contribution in [3.63, 3.8) is 0 Å². The lowest BCUT2D eigenvalue weighted by atomic mass is 9.69. The molecule has 0 amide bonds. The fourth-order valence-electron chi connectivity index (χ4n) is 10.0. The number of benzene rings is 6. The molecule has 0 radical (unpaired) electrons. The average Bonchev–Trinajstić information content (AvgIpc) is 3.99. The normalized spacial score (nSPS) is 13.4. The fourth-order valence-corrected chi connectivity index (χ4v) is 10.0. The number of aromatic nitrogens is 7. The first-order valence-corrected chi connectivity index (χ1v) is 19.2. The molecule has 0 aliphatic heterocycles. The minimum absolute atomic E-state index is 0.448. The van der Waals surface area contributed by atoms with Crippen molar-refractivity contribution in [2.75, 3.05) is 0 Å². The quantitative estimate of drug-likeness (QED) is 0.181. The summed E-state index contributed by atoms with van der Waals surface area (Å²) in [6, 6.07) is 58.2. The van der Waals surface area contributed by atoms with Crippen LogP contribution in [0, 0.1) is 0 Å². The molecule has 0 fully saturated rings. The van der Waals surface area contributed by atoms with Gasteiger partial charge in [0.25, 0.3) is 0 Å². The predicted molar refractivity (Wildman–Crippen MR) is 226 cm³/mol. The molecule has 2 aliphatic carbocycles. The van der Waals surface area contributed by atoms with Crippen molar-refractivity contribution in [3.05, 3.63) is 198 Å². The fraction of sp³-hybridized carbons (Fsp3) is 0.0200. The summed E-state index contributed by atoms with van der Waals surface area (Å²) in [5, 5.41) is 4.22. The van der Waals surface area contributed by atoms with Gasteiger partial charge in [-0.15, -0.1) is 0 Å². The molecular weight excluding hydrogens is 699 g/mol. The van der Waals surface area contributed by atoms with Crippen molar-refractivity contribution in [1.29, 1.82) is 0 Å². The lowest BCUT2D eigenvalue weighted by molar-refractivity contribution is 0.792. The van der Waals surface area contributed by atoms with Gasteiger partial charge in [-0.05, 0) is 80.9 Å². The van der Waals surface area contributed by atoms with Crippen molar-refractivity contribution in [2.45, 2.75) is 5.41 Å². The Balaban J connectivity index is 1.19. The molecule has 264 valence electrons. The van der Waals surface area contributed by atoms with E-state index < -0.39 is 5.41 Å². The third-order valence-electron chi connectivity index (χ3n) is 12.1. The SMILES string of the molecule is c1ccc2c(c1)-c1ccccc1C21c2ccccc2-c2cccc(-c3nc(-n4c5ccccc5c5ccccc54)nc(-n4c5ncccc5c5cccnc54)n3)c21. The summed E-state index contributed by atoms with van der Waals surface area (Å²) < 4.78 is 4.16. The van der Waals surface area contributed by atoms with Crippen molar-refractivity contribution in [3.8, 4) is 45.5 Å². The first-order valence-electron chi connectivity index (χ1n) is 19.2. The van der Waals surface area contributed by atoms with Crippen molar-refractivity contribution in [2.24, 2.45) is 0 Å². The van der Waals surface area contributed by atoms with Crippen molar-refractivity contribution in [1.82, 2.24) is 34.1 Å². The van der Waals surface area contributed by atoms with E-state index in [1.54, 1.807) is 0 Å². The Bertz CT molecular complexity index is 3200. The minimum Gasteiger partial charge on any atom is -0.278 e. The largest absolute Gasteiger partial charge is 0.278 e. The van der Waals surface area contributed by atoms with Gasteiger partial charge < -0.3 is 0 Å². The molecule has 0 bridgehead atoms. The summed E-state index contributed by atoms with van der Waals surface area (Å²) in [5.74, 6) is 1.54. The predicted octanol–water partition coefficient (Wildman–Crippen LogP) is 10.9. The molecule has 7 heteroatoms. The van der Waals surface area contributed by atoms with Gasteiger partial charge in [-0.1, -0.05) is 127 Å². The average molecular weight is 728 g/mol. The second-order valence-corrected chi connectivity index (χ2v) is 14.8. The molecule has 0 atom stereocenters. The Kier molecular flexibility index (Phi) is 5.97. The highest BCUT2D eigenvalue weighted by Gasteiger charge is 2.53. The van der Waals surface area contributed by atoms with Crippen LogP contribution in [0.25, 0.3) is 89.4 Å². The second-order valence-electron chi connectivity index (χ2n) is 14.8. The number of hydrogen-bond donors (Lipinski definition) is 0. The molecule has 0 unspecified atom stereocenters. The Morgan fingerprint density at radius 1 is 0.351 bits per heavy atom. The zero-order valence-electron chi connectivity index (χ0n) is 30.4. The van der Waals surface area contributed by atoms with Gasteiger partial charge >= 0.3 is 0 Å². The molecule has 2 aliphatic rings. The molecule has 11 aromatic rings. The standard InChI is InChI=1S/C50H29N7/c1-6-23-39-30(14-1)31-15-2-7-24-40(31)50(39)41-25-8-3-16-32(41)35-19-11-20-38(44(35)50)45-53-48(56-42-26-9-4-17-33(42)34-18-5-10-27-43(34)56)55-49(54-45)57-46-36(21-12-28-51-46)37-22-13-29-52-47(37)57/h1-29H. The summed E-state index contributed by atoms with van der Waals surface area (Å²) in [4.78, 5) is 26.1. The van der Waals surface area contributed by atoms with Gasteiger partial charge in [0.15, 0.2) is 5.82 Å². The Hall–Kier alpha value is -7.77. The first kappa shape index (κ1) is 30.5. The van der Waals surface area contributed by atoms with E-state index in [0.29, 0.717) is 17.7 Å². The van der Waals surface area contributed by atoms with Crippen LogP contribution in [0.3, 0.4) is 0 Å².